The van der Waals surface area contributed by atoms with E-state index in [0.29, 0.717) is 44.3 Å². The van der Waals surface area contributed by atoms with Crippen molar-refractivity contribution in [3.05, 3.63) is 66.0 Å². The fourth-order valence-corrected chi connectivity index (χ4v) is 5.98. The van der Waals surface area contributed by atoms with Gasteiger partial charge in [-0.15, -0.1) is 0 Å². The Kier molecular flexibility index (Phi) is 6.57. The van der Waals surface area contributed by atoms with Crippen molar-refractivity contribution in [1.82, 2.24) is 14.5 Å². The first-order chi connectivity index (χ1) is 15.4. The zero-order chi connectivity index (χ0) is 22.7. The third-order valence-electron chi connectivity index (χ3n) is 6.09. The average molecular weight is 460 g/mol. The summed E-state index contributed by atoms with van der Waals surface area (Å²) in [6.45, 7) is 1.18. The third kappa shape index (κ3) is 4.68. The van der Waals surface area contributed by atoms with Crippen LogP contribution in [-0.2, 0) is 14.8 Å². The number of hydrogen-bond donors (Lipinski definition) is 1. The lowest BCUT2D eigenvalue weighted by Crippen LogP contribution is -2.52. The molecule has 4 rings (SSSR count). The minimum absolute atomic E-state index is 0.0130. The second-order valence-corrected chi connectivity index (χ2v) is 10.1. The zero-order valence-corrected chi connectivity index (χ0v) is 18.4. The number of carbonyl (C=O) groups excluding carboxylic acids is 2. The summed E-state index contributed by atoms with van der Waals surface area (Å²) in [6.07, 6.45) is 2.29. The molecule has 0 bridgehead atoms. The van der Waals surface area contributed by atoms with Crippen LogP contribution < -0.4 is 5.32 Å². The van der Waals surface area contributed by atoms with E-state index in [9.17, 15) is 22.4 Å². The summed E-state index contributed by atoms with van der Waals surface area (Å²) in [6, 6.07) is 12.9. The first kappa shape index (κ1) is 22.4. The van der Waals surface area contributed by atoms with Gasteiger partial charge in [-0.2, -0.15) is 4.31 Å². The number of carbonyl (C=O) groups is 2. The van der Waals surface area contributed by atoms with Crippen molar-refractivity contribution in [3.63, 3.8) is 0 Å². The van der Waals surface area contributed by atoms with Crippen molar-refractivity contribution < 1.29 is 22.4 Å². The highest BCUT2D eigenvalue weighted by Gasteiger charge is 2.41. The molecular formula is C23H26FN3O4S. The van der Waals surface area contributed by atoms with Gasteiger partial charge in [0.25, 0.3) is 5.91 Å². The molecule has 170 valence electrons. The number of halogens is 1. The molecule has 0 spiro atoms. The van der Waals surface area contributed by atoms with Gasteiger partial charge < -0.3 is 10.2 Å². The number of piperidine rings is 1. The standard InChI is InChI=1S/C23H26FN3O4S/c24-18-8-10-20(11-9-18)32(30,31)27-14-4-7-21(27)23(29)26-15-12-19(13-16-26)25-22(28)17-5-2-1-3-6-17/h1-3,5-6,8-11,19,21H,4,7,12-16H2,(H,25,28). The van der Waals surface area contributed by atoms with E-state index < -0.39 is 21.9 Å². The van der Waals surface area contributed by atoms with E-state index in [4.69, 9.17) is 0 Å². The lowest BCUT2D eigenvalue weighted by molar-refractivity contribution is -0.135. The van der Waals surface area contributed by atoms with Gasteiger partial charge >= 0.3 is 0 Å². The van der Waals surface area contributed by atoms with Gasteiger partial charge in [0.2, 0.25) is 15.9 Å². The smallest absolute Gasteiger partial charge is 0.251 e. The zero-order valence-electron chi connectivity index (χ0n) is 17.6. The van der Waals surface area contributed by atoms with Gasteiger partial charge in [-0.25, -0.2) is 12.8 Å². The molecular weight excluding hydrogens is 433 g/mol. The molecule has 2 amide bonds. The van der Waals surface area contributed by atoms with Crippen molar-refractivity contribution in [2.45, 2.75) is 42.7 Å². The molecule has 2 saturated heterocycles. The van der Waals surface area contributed by atoms with Crippen LogP contribution in [0.2, 0.25) is 0 Å². The molecule has 9 heteroatoms. The van der Waals surface area contributed by atoms with Crippen LogP contribution in [0.4, 0.5) is 4.39 Å². The van der Waals surface area contributed by atoms with Gasteiger partial charge in [0, 0.05) is 31.2 Å². The van der Waals surface area contributed by atoms with Crippen LogP contribution >= 0.6 is 0 Å². The van der Waals surface area contributed by atoms with Gasteiger partial charge in [0.1, 0.15) is 11.9 Å². The molecule has 32 heavy (non-hydrogen) atoms. The molecule has 2 aromatic carbocycles. The molecule has 2 heterocycles. The predicted octanol–water partition coefficient (Wildman–Crippen LogP) is 2.40. The molecule has 0 aliphatic carbocycles. The Bertz CT molecular complexity index is 1070. The minimum Gasteiger partial charge on any atom is -0.349 e. The largest absolute Gasteiger partial charge is 0.349 e. The van der Waals surface area contributed by atoms with E-state index in [-0.39, 0.29) is 29.3 Å². The molecule has 2 aliphatic rings. The monoisotopic (exact) mass is 459 g/mol. The number of amides is 2. The molecule has 2 fully saturated rings. The molecule has 0 saturated carbocycles. The third-order valence-corrected chi connectivity index (χ3v) is 8.01. The number of hydrogen-bond acceptors (Lipinski definition) is 4. The van der Waals surface area contributed by atoms with Gasteiger partial charge in [-0.05, 0) is 62.1 Å². The van der Waals surface area contributed by atoms with E-state index in [1.807, 2.05) is 18.2 Å². The topological polar surface area (TPSA) is 86.8 Å². The average Bonchev–Trinajstić information content (AvgIpc) is 3.31. The van der Waals surface area contributed by atoms with Crippen LogP contribution in [0.3, 0.4) is 0 Å². The highest BCUT2D eigenvalue weighted by atomic mass is 32.2. The molecule has 1 N–H and O–H groups in total. The van der Waals surface area contributed by atoms with E-state index in [1.54, 1.807) is 17.0 Å². The quantitative estimate of drug-likeness (QED) is 0.744. The Morgan fingerprint density at radius 1 is 0.906 bits per heavy atom. The normalized spacial score (nSPS) is 20.3. The molecule has 1 atom stereocenters. The van der Waals surface area contributed by atoms with Crippen LogP contribution in [0.1, 0.15) is 36.0 Å². The maximum atomic E-state index is 13.2. The number of likely N-dealkylation sites (tertiary alicyclic amines) is 1. The minimum atomic E-state index is -3.88. The summed E-state index contributed by atoms with van der Waals surface area (Å²) >= 11 is 0. The highest BCUT2D eigenvalue weighted by Crippen LogP contribution is 2.28. The number of sulfonamides is 1. The number of benzene rings is 2. The molecule has 0 radical (unpaired) electrons. The molecule has 7 nitrogen and oxygen atoms in total. The highest BCUT2D eigenvalue weighted by molar-refractivity contribution is 7.89. The number of nitrogens with zero attached hydrogens (tertiary/aromatic N) is 2. The molecule has 2 aliphatic heterocycles. The summed E-state index contributed by atoms with van der Waals surface area (Å²) in [4.78, 5) is 27.2. The van der Waals surface area contributed by atoms with E-state index in [1.165, 1.54) is 16.4 Å². The van der Waals surface area contributed by atoms with E-state index in [0.717, 1.165) is 12.1 Å². The Hall–Kier alpha value is -2.78. The van der Waals surface area contributed by atoms with Gasteiger partial charge in [-0.3, -0.25) is 9.59 Å². The Balaban J connectivity index is 1.37. The fraction of sp³-hybridized carbons (Fsp3) is 0.391. The van der Waals surface area contributed by atoms with Gasteiger partial charge in [0.15, 0.2) is 0 Å². The van der Waals surface area contributed by atoms with Gasteiger partial charge in [0.05, 0.1) is 4.90 Å². The first-order valence-electron chi connectivity index (χ1n) is 10.8. The number of nitrogens with one attached hydrogen (secondary N) is 1. The first-order valence-corrected chi connectivity index (χ1v) is 12.2. The summed E-state index contributed by atoms with van der Waals surface area (Å²) in [5, 5.41) is 3.01. The predicted molar refractivity (Wildman–Crippen MR) is 117 cm³/mol. The lowest BCUT2D eigenvalue weighted by Gasteiger charge is -2.35. The summed E-state index contributed by atoms with van der Waals surface area (Å²) in [5.74, 6) is -0.857. The summed E-state index contributed by atoms with van der Waals surface area (Å²) in [7, 11) is -3.88. The maximum Gasteiger partial charge on any atom is 0.251 e. The summed E-state index contributed by atoms with van der Waals surface area (Å²) < 4.78 is 40.5. The van der Waals surface area contributed by atoms with Crippen molar-refractivity contribution in [3.8, 4) is 0 Å². The second-order valence-electron chi connectivity index (χ2n) is 8.17. The molecule has 1 unspecified atom stereocenters. The van der Waals surface area contributed by atoms with Crippen LogP contribution in [-0.4, -0.2) is 61.2 Å². The van der Waals surface area contributed by atoms with Crippen LogP contribution in [0.15, 0.2) is 59.5 Å². The molecule has 0 aromatic heterocycles. The number of rotatable bonds is 5. The van der Waals surface area contributed by atoms with Crippen molar-refractivity contribution in [1.29, 1.82) is 0 Å². The maximum absolute atomic E-state index is 13.2. The van der Waals surface area contributed by atoms with Crippen molar-refractivity contribution in [2.75, 3.05) is 19.6 Å². The fourth-order valence-electron chi connectivity index (χ4n) is 4.33. The SMILES string of the molecule is O=C(NC1CCN(C(=O)C2CCCN2S(=O)(=O)c2ccc(F)cc2)CC1)c1ccccc1. The van der Waals surface area contributed by atoms with Crippen LogP contribution in [0.5, 0.6) is 0 Å². The molecule has 2 aromatic rings. The van der Waals surface area contributed by atoms with Crippen molar-refractivity contribution in [2.24, 2.45) is 0 Å². The van der Waals surface area contributed by atoms with Crippen LogP contribution in [0.25, 0.3) is 0 Å². The van der Waals surface area contributed by atoms with E-state index >= 15 is 0 Å². The second kappa shape index (κ2) is 9.38. The summed E-state index contributed by atoms with van der Waals surface area (Å²) in [5.41, 5.74) is 0.596. The van der Waals surface area contributed by atoms with E-state index in [2.05, 4.69) is 5.32 Å². The Morgan fingerprint density at radius 2 is 1.56 bits per heavy atom. The Morgan fingerprint density at radius 3 is 2.22 bits per heavy atom. The van der Waals surface area contributed by atoms with Crippen LogP contribution in [0, 0.1) is 5.82 Å². The van der Waals surface area contributed by atoms with Gasteiger partial charge in [-0.1, -0.05) is 18.2 Å². The lowest BCUT2D eigenvalue weighted by atomic mass is 10.0. The van der Waals surface area contributed by atoms with Crippen molar-refractivity contribution >= 4 is 21.8 Å². The Labute approximate surface area is 187 Å².